The van der Waals surface area contributed by atoms with Crippen LogP contribution >= 0.6 is 12.2 Å². The van der Waals surface area contributed by atoms with Gasteiger partial charge in [0.05, 0.1) is 18.5 Å². The van der Waals surface area contributed by atoms with E-state index < -0.39 is 0 Å². The van der Waals surface area contributed by atoms with E-state index in [0.717, 1.165) is 30.2 Å². The minimum Gasteiger partial charge on any atom is -0.494 e. The summed E-state index contributed by atoms with van der Waals surface area (Å²) in [5.41, 5.74) is 1.98. The zero-order valence-electron chi connectivity index (χ0n) is 17.0. The lowest BCUT2D eigenvalue weighted by Gasteiger charge is -2.12. The highest BCUT2D eigenvalue weighted by atomic mass is 32.1. The molecule has 0 saturated carbocycles. The molecule has 0 radical (unpaired) electrons. The fourth-order valence-corrected chi connectivity index (χ4v) is 3.14. The van der Waals surface area contributed by atoms with Gasteiger partial charge in [-0.15, -0.1) is 0 Å². The van der Waals surface area contributed by atoms with Gasteiger partial charge in [0.15, 0.2) is 5.11 Å². The summed E-state index contributed by atoms with van der Waals surface area (Å²) < 4.78 is 7.32. The maximum absolute atomic E-state index is 12.6. The molecule has 156 valence electrons. The number of hydrogen-bond donors (Lipinski definition) is 2. The van der Waals surface area contributed by atoms with E-state index in [1.165, 1.54) is 19.3 Å². The Labute approximate surface area is 182 Å². The van der Waals surface area contributed by atoms with E-state index in [0.29, 0.717) is 5.69 Å². The second-order valence-corrected chi connectivity index (χ2v) is 7.21. The molecule has 7 heteroatoms. The first-order valence-corrected chi connectivity index (χ1v) is 10.5. The molecule has 0 aliphatic carbocycles. The number of benzene rings is 2. The predicted molar refractivity (Wildman–Crippen MR) is 123 cm³/mol. The number of nitrogens with one attached hydrogen (secondary N) is 2. The molecule has 1 amide bonds. The minimum absolute atomic E-state index is 0.217. The highest BCUT2D eigenvalue weighted by Crippen LogP contribution is 2.16. The van der Waals surface area contributed by atoms with Crippen molar-refractivity contribution in [2.24, 2.45) is 0 Å². The van der Waals surface area contributed by atoms with Gasteiger partial charge in [-0.05, 0) is 61.1 Å². The summed E-state index contributed by atoms with van der Waals surface area (Å²) in [6, 6.07) is 18.6. The van der Waals surface area contributed by atoms with E-state index in [9.17, 15) is 4.79 Å². The number of carbonyl (C=O) groups is 1. The Morgan fingerprint density at radius 3 is 2.53 bits per heavy atom. The van der Waals surface area contributed by atoms with E-state index in [2.05, 4.69) is 22.7 Å². The zero-order chi connectivity index (χ0) is 21.2. The number of para-hydroxylation sites is 1. The normalized spacial score (nSPS) is 10.4. The van der Waals surface area contributed by atoms with Gasteiger partial charge in [0.2, 0.25) is 0 Å². The summed E-state index contributed by atoms with van der Waals surface area (Å²) in [5, 5.41) is 10.2. The summed E-state index contributed by atoms with van der Waals surface area (Å²) in [7, 11) is 0. The molecule has 1 aromatic heterocycles. The van der Waals surface area contributed by atoms with Gasteiger partial charge in [-0.3, -0.25) is 10.1 Å². The van der Waals surface area contributed by atoms with Gasteiger partial charge in [0.1, 0.15) is 11.4 Å². The highest BCUT2D eigenvalue weighted by Gasteiger charge is 2.14. The van der Waals surface area contributed by atoms with Gasteiger partial charge in [-0.25, -0.2) is 4.68 Å². The van der Waals surface area contributed by atoms with Crippen molar-refractivity contribution < 1.29 is 9.53 Å². The Balaban J connectivity index is 1.51. The third kappa shape index (κ3) is 6.15. The van der Waals surface area contributed by atoms with Gasteiger partial charge in [-0.2, -0.15) is 5.10 Å². The summed E-state index contributed by atoms with van der Waals surface area (Å²) in [4.78, 5) is 12.6. The molecule has 0 bridgehead atoms. The van der Waals surface area contributed by atoms with Crippen LogP contribution in [-0.4, -0.2) is 27.4 Å². The van der Waals surface area contributed by atoms with E-state index in [-0.39, 0.29) is 11.0 Å². The first-order valence-electron chi connectivity index (χ1n) is 10.1. The predicted octanol–water partition coefficient (Wildman–Crippen LogP) is 4.96. The summed E-state index contributed by atoms with van der Waals surface area (Å²) in [6.07, 6.45) is 6.28. The number of nitrogens with zero attached hydrogens (tertiary/aromatic N) is 2. The molecule has 0 atom stereocenters. The first kappa shape index (κ1) is 21.5. The third-order valence-corrected chi connectivity index (χ3v) is 4.69. The summed E-state index contributed by atoms with van der Waals surface area (Å²) in [5.74, 6) is 0.486. The molecule has 2 aromatic carbocycles. The fourth-order valence-electron chi connectivity index (χ4n) is 2.93. The van der Waals surface area contributed by atoms with Crippen LogP contribution in [0.3, 0.4) is 0 Å². The quantitative estimate of drug-likeness (QED) is 0.377. The maximum Gasteiger partial charge on any atom is 0.276 e. The minimum atomic E-state index is -0.333. The van der Waals surface area contributed by atoms with Crippen molar-refractivity contribution in [1.29, 1.82) is 0 Å². The summed E-state index contributed by atoms with van der Waals surface area (Å²) in [6.45, 7) is 2.91. The van der Waals surface area contributed by atoms with Gasteiger partial charge >= 0.3 is 0 Å². The highest BCUT2D eigenvalue weighted by molar-refractivity contribution is 7.80. The van der Waals surface area contributed by atoms with Crippen molar-refractivity contribution in [1.82, 2.24) is 15.1 Å². The second kappa shape index (κ2) is 11.1. The third-order valence-electron chi connectivity index (χ3n) is 4.48. The molecule has 0 aliphatic rings. The van der Waals surface area contributed by atoms with Crippen LogP contribution in [0.4, 0.5) is 5.69 Å². The molecule has 1 heterocycles. The molecule has 0 unspecified atom stereocenters. The molecule has 6 nitrogen and oxygen atoms in total. The van der Waals surface area contributed by atoms with Crippen LogP contribution in [0.1, 0.15) is 43.1 Å². The largest absolute Gasteiger partial charge is 0.494 e. The van der Waals surface area contributed by atoms with E-state index in [4.69, 9.17) is 17.0 Å². The topological polar surface area (TPSA) is 68.2 Å². The van der Waals surface area contributed by atoms with Gasteiger partial charge in [0.25, 0.3) is 5.91 Å². The molecule has 30 heavy (non-hydrogen) atoms. The van der Waals surface area contributed by atoms with Crippen molar-refractivity contribution in [3.63, 3.8) is 0 Å². The smallest absolute Gasteiger partial charge is 0.276 e. The lowest BCUT2D eigenvalue weighted by molar-refractivity contribution is 0.0970. The van der Waals surface area contributed by atoms with Crippen LogP contribution in [0.25, 0.3) is 5.69 Å². The van der Waals surface area contributed by atoms with Gasteiger partial charge in [0, 0.05) is 5.69 Å². The van der Waals surface area contributed by atoms with Crippen LogP contribution in [0.15, 0.2) is 66.9 Å². The standard InChI is InChI=1S/C23H26N4O2S/c1-2-3-4-8-17-29-20-13-11-18(12-14-20)25-23(30)26-22(28)21-15-16-24-27(21)19-9-6-5-7-10-19/h5-7,9-16H,2-4,8,17H2,1H3,(H2,25,26,28,30). The van der Waals surface area contributed by atoms with Crippen LogP contribution in [0, 0.1) is 0 Å². The summed E-state index contributed by atoms with van der Waals surface area (Å²) >= 11 is 5.29. The van der Waals surface area contributed by atoms with Crippen LogP contribution < -0.4 is 15.4 Å². The number of rotatable bonds is 9. The Kier molecular flexibility index (Phi) is 7.97. The van der Waals surface area contributed by atoms with Crippen molar-refractivity contribution >= 4 is 28.9 Å². The monoisotopic (exact) mass is 422 g/mol. The van der Waals surface area contributed by atoms with E-state index in [1.807, 2.05) is 54.6 Å². The molecular formula is C23H26N4O2S. The average molecular weight is 423 g/mol. The molecule has 0 fully saturated rings. The molecule has 3 aromatic rings. The number of anilines is 1. The Hall–Kier alpha value is -3.19. The van der Waals surface area contributed by atoms with Crippen molar-refractivity contribution in [3.8, 4) is 11.4 Å². The number of unbranched alkanes of at least 4 members (excludes halogenated alkanes) is 3. The Morgan fingerprint density at radius 2 is 1.80 bits per heavy atom. The van der Waals surface area contributed by atoms with E-state index >= 15 is 0 Å². The molecular weight excluding hydrogens is 396 g/mol. The van der Waals surface area contributed by atoms with Gasteiger partial charge < -0.3 is 10.1 Å². The van der Waals surface area contributed by atoms with Crippen LogP contribution in [0.5, 0.6) is 5.75 Å². The number of hydrogen-bond acceptors (Lipinski definition) is 4. The Morgan fingerprint density at radius 1 is 1.03 bits per heavy atom. The lowest BCUT2D eigenvalue weighted by atomic mass is 10.2. The average Bonchev–Trinajstić information content (AvgIpc) is 3.25. The van der Waals surface area contributed by atoms with Crippen molar-refractivity contribution in [2.45, 2.75) is 32.6 Å². The number of carbonyl (C=O) groups excluding carboxylic acids is 1. The fraction of sp³-hybridized carbons (Fsp3) is 0.261. The van der Waals surface area contributed by atoms with Gasteiger partial charge in [-0.1, -0.05) is 44.4 Å². The second-order valence-electron chi connectivity index (χ2n) is 6.81. The van der Waals surface area contributed by atoms with Crippen LogP contribution in [0.2, 0.25) is 0 Å². The van der Waals surface area contributed by atoms with Crippen molar-refractivity contribution in [2.75, 3.05) is 11.9 Å². The molecule has 0 spiro atoms. The number of ether oxygens (including phenoxy) is 1. The molecule has 0 saturated heterocycles. The zero-order valence-corrected chi connectivity index (χ0v) is 17.8. The SMILES string of the molecule is CCCCCCOc1ccc(NC(=S)NC(=O)c2ccnn2-c2ccccc2)cc1. The lowest BCUT2D eigenvalue weighted by Crippen LogP contribution is -2.35. The molecule has 2 N–H and O–H groups in total. The first-order chi connectivity index (χ1) is 14.7. The number of amides is 1. The van der Waals surface area contributed by atoms with Crippen molar-refractivity contribution in [3.05, 3.63) is 72.6 Å². The van der Waals surface area contributed by atoms with Crippen LogP contribution in [-0.2, 0) is 0 Å². The Bertz CT molecular complexity index is 955. The number of aromatic nitrogens is 2. The van der Waals surface area contributed by atoms with E-state index in [1.54, 1.807) is 16.9 Å². The number of thiocarbonyl (C=S) groups is 1. The molecule has 0 aliphatic heterocycles. The molecule has 3 rings (SSSR count). The maximum atomic E-state index is 12.6.